The van der Waals surface area contributed by atoms with Crippen LogP contribution in [-0.4, -0.2) is 6.71 Å². The maximum Gasteiger partial charge on any atom is 0.297 e. The molecule has 0 bridgehead atoms. The predicted octanol–water partition coefficient (Wildman–Crippen LogP) is 18.6. The van der Waals surface area contributed by atoms with E-state index in [-0.39, 0.29) is 55.0 Å². The normalized spacial score (nSPS) is 19.6. The molecule has 5 heteroatoms. The van der Waals surface area contributed by atoms with Gasteiger partial charge in [-0.25, -0.2) is 0 Å². The maximum atomic E-state index is 9.74. The summed E-state index contributed by atoms with van der Waals surface area (Å²) in [5.41, 5.74) is 14.5. The van der Waals surface area contributed by atoms with Crippen LogP contribution < -0.4 is 31.3 Å². The van der Waals surface area contributed by atoms with E-state index in [0.717, 1.165) is 92.7 Å². The molecule has 12 rings (SSSR count). The fraction of sp³-hybridized carbons (Fsp3) is 0.389. The van der Waals surface area contributed by atoms with Gasteiger partial charge in [-0.1, -0.05) is 178 Å². The number of hydrogen-bond donors (Lipinski definition) is 0. The first-order valence-electron chi connectivity index (χ1n) is 33.0. The van der Waals surface area contributed by atoms with Gasteiger partial charge in [0.05, 0.1) is 30.7 Å². The highest BCUT2D eigenvalue weighted by Crippen LogP contribution is 2.55. The molecule has 1 aromatic heterocycles. The van der Waals surface area contributed by atoms with Crippen molar-refractivity contribution in [3.63, 3.8) is 0 Å². The van der Waals surface area contributed by atoms with Crippen molar-refractivity contribution in [2.45, 2.75) is 181 Å². The molecule has 3 heterocycles. The second kappa shape index (κ2) is 17.0. The molecule has 4 aliphatic rings. The highest BCUT2D eigenvalue weighted by atomic mass is 16.3. The first-order valence-corrected chi connectivity index (χ1v) is 28.0. The highest BCUT2D eigenvalue weighted by Gasteiger charge is 2.49. The van der Waals surface area contributed by atoms with E-state index in [4.69, 9.17) is 7.16 Å². The van der Waals surface area contributed by atoms with Gasteiger partial charge in [0.1, 0.15) is 5.58 Å². The Bertz CT molecular complexity index is 4130. The third-order valence-corrected chi connectivity index (χ3v) is 18.2. The van der Waals surface area contributed by atoms with E-state index < -0.39 is 67.1 Å². The zero-order valence-electron chi connectivity index (χ0n) is 58.7. The minimum Gasteiger partial charge on any atom is -0.468 e. The Kier molecular flexibility index (Phi) is 9.00. The summed E-state index contributed by atoms with van der Waals surface area (Å²) < 4.78 is 101. The maximum absolute atomic E-state index is 9.74. The van der Waals surface area contributed by atoms with Gasteiger partial charge in [-0.05, 0) is 192 Å². The van der Waals surface area contributed by atoms with Crippen LogP contribution in [0, 0.1) is 0 Å². The van der Waals surface area contributed by atoms with Crippen molar-refractivity contribution in [2.75, 3.05) is 14.7 Å². The lowest BCUT2D eigenvalue weighted by Crippen LogP contribution is -2.61. The average molecular weight is 1030 g/mol. The molecule has 0 amide bonds. The summed E-state index contributed by atoms with van der Waals surface area (Å²) in [6, 6.07) is 22.9. The fourth-order valence-electron chi connectivity index (χ4n) is 13.1. The predicted molar refractivity (Wildman–Crippen MR) is 332 cm³/mol. The largest absolute Gasteiger partial charge is 0.468 e. The molecule has 0 atom stereocenters. The molecule has 0 saturated carbocycles. The first kappa shape index (κ1) is 40.7. The van der Waals surface area contributed by atoms with E-state index in [0.29, 0.717) is 11.4 Å². The smallest absolute Gasteiger partial charge is 0.297 e. The summed E-state index contributed by atoms with van der Waals surface area (Å²) in [6.07, 6.45) is 3.99. The van der Waals surface area contributed by atoms with E-state index in [1.807, 2.05) is 12.1 Å². The molecule has 0 saturated heterocycles. The second-order valence-corrected chi connectivity index (χ2v) is 28.6. The SMILES string of the molecule is [2H]c1c([2H])c([2H])c(N(c2cc3c4c(c2)N(c2ccc5c(c2)C(C)(C)CCC5(C)C)c2c(oc5cc6c(cc25)C(C)(C)CCC6(C)C)B4c2ccc(C(C)(C)C)cc2N3c2cc(C(C)(C)C)cc(C(C)(C)C)c2)c2c([2H])c([2H])c([2H])c([2H])c2[2H])c([2H])c1[2H]. The third-order valence-electron chi connectivity index (χ3n) is 18.2. The minimum absolute atomic E-state index is 0.113. The number of nitrogens with zero attached hydrogens (tertiary/aromatic N) is 3. The topological polar surface area (TPSA) is 22.9 Å². The van der Waals surface area contributed by atoms with Crippen molar-refractivity contribution in [3.05, 3.63) is 178 Å². The van der Waals surface area contributed by atoms with Gasteiger partial charge >= 0.3 is 0 Å². The van der Waals surface area contributed by atoms with Gasteiger partial charge in [-0.3, -0.25) is 0 Å². The van der Waals surface area contributed by atoms with Gasteiger partial charge < -0.3 is 19.1 Å². The Morgan fingerprint density at radius 1 is 0.468 bits per heavy atom. The number of furan rings is 1. The molecule has 0 radical (unpaired) electrons. The van der Waals surface area contributed by atoms with E-state index in [1.165, 1.54) is 27.2 Å². The van der Waals surface area contributed by atoms with E-state index in [9.17, 15) is 11.0 Å². The van der Waals surface area contributed by atoms with Gasteiger partial charge in [0.2, 0.25) is 0 Å². The second-order valence-electron chi connectivity index (χ2n) is 28.6. The van der Waals surface area contributed by atoms with Crippen LogP contribution >= 0.6 is 0 Å². The van der Waals surface area contributed by atoms with Gasteiger partial charge in [-0.2, -0.15) is 0 Å². The lowest BCUT2D eigenvalue weighted by atomic mass is 9.35. The van der Waals surface area contributed by atoms with E-state index >= 15 is 0 Å². The summed E-state index contributed by atoms with van der Waals surface area (Å²) in [5, 5.41) is 0.931. The van der Waals surface area contributed by atoms with Crippen molar-refractivity contribution < 1.29 is 18.1 Å². The lowest BCUT2D eigenvalue weighted by Gasteiger charge is -2.45. The molecular formula is C72H82BN3O. The van der Waals surface area contributed by atoms with Crippen LogP contribution in [0.4, 0.5) is 51.2 Å². The summed E-state index contributed by atoms with van der Waals surface area (Å²) in [7, 11) is 0. The summed E-state index contributed by atoms with van der Waals surface area (Å²) in [5.74, 6) is 0. The van der Waals surface area contributed by atoms with Gasteiger partial charge in [-0.15, -0.1) is 0 Å². The minimum atomic E-state index is -0.633. The number of anilines is 9. The van der Waals surface area contributed by atoms with Crippen molar-refractivity contribution in [2.24, 2.45) is 0 Å². The summed E-state index contributed by atoms with van der Waals surface area (Å²) >= 11 is 0. The molecule has 0 N–H and O–H groups in total. The Morgan fingerprint density at radius 3 is 1.49 bits per heavy atom. The monoisotopic (exact) mass is 1030 g/mol. The highest BCUT2D eigenvalue weighted by molar-refractivity contribution is 7.00. The molecule has 7 aromatic carbocycles. The Morgan fingerprint density at radius 2 is 0.961 bits per heavy atom. The van der Waals surface area contributed by atoms with Crippen LogP contribution in [0.5, 0.6) is 0 Å². The molecule has 77 heavy (non-hydrogen) atoms. The van der Waals surface area contributed by atoms with Crippen molar-refractivity contribution in [1.82, 2.24) is 0 Å². The van der Waals surface area contributed by atoms with Gasteiger partial charge in [0.15, 0.2) is 0 Å². The van der Waals surface area contributed by atoms with Crippen LogP contribution in [0.15, 0.2) is 144 Å². The van der Waals surface area contributed by atoms with Gasteiger partial charge in [0, 0.05) is 45.2 Å². The Balaban J connectivity index is 1.33. The van der Waals surface area contributed by atoms with Crippen LogP contribution in [0.3, 0.4) is 0 Å². The molecule has 8 aromatic rings. The van der Waals surface area contributed by atoms with Crippen molar-refractivity contribution in [3.8, 4) is 0 Å². The zero-order chi connectivity index (χ0) is 63.4. The molecular weight excluding hydrogens is 934 g/mol. The average Bonchev–Trinajstić information content (AvgIpc) is 1.68. The van der Waals surface area contributed by atoms with Crippen molar-refractivity contribution >= 4 is 85.5 Å². The van der Waals surface area contributed by atoms with Crippen LogP contribution in [0.1, 0.15) is 196 Å². The number of hydrogen-bond acceptors (Lipinski definition) is 4. The molecule has 0 fully saturated rings. The summed E-state index contributed by atoms with van der Waals surface area (Å²) in [4.78, 5) is 5.95. The molecule has 2 aliphatic heterocycles. The Hall–Kier alpha value is -6.46. The number of para-hydroxylation sites is 2. The molecule has 4 nitrogen and oxygen atoms in total. The Labute approximate surface area is 476 Å². The molecule has 0 spiro atoms. The first-order chi connectivity index (χ1) is 40.2. The van der Waals surface area contributed by atoms with Crippen LogP contribution in [-0.2, 0) is 37.9 Å². The quantitative estimate of drug-likeness (QED) is 0.160. The standard InChI is InChI=1S/C72H82BN3O/c1-66(2,3)45-28-31-58-59(39-45)75(51-37-46(67(4,5)6)36-47(38-51)68(7,8)9)60-41-52(74(48-24-20-18-21-25-48)49-26-22-19-23-27-49)42-61-63(60)73(58)65-64(53-43-56-57(44-62(53)77-65)72(16,17)35-34-71(56,14)15)76(61)50-29-30-54-55(40-50)70(12,13)33-32-69(54,10)11/h18-31,36-44H,32-35H2,1-17H3/i18D,19D,20D,21D,22D,23D,24D,25D,26D,27D. The molecule has 2 aliphatic carbocycles. The van der Waals surface area contributed by atoms with Crippen LogP contribution in [0.2, 0.25) is 0 Å². The van der Waals surface area contributed by atoms with Crippen molar-refractivity contribution in [1.29, 1.82) is 0 Å². The number of rotatable bonds is 5. The van der Waals surface area contributed by atoms with Crippen LogP contribution in [0.25, 0.3) is 11.0 Å². The summed E-state index contributed by atoms with van der Waals surface area (Å²) in [6.45, 7) is 38.0. The molecule has 0 unspecified atom stereocenters. The van der Waals surface area contributed by atoms with E-state index in [2.05, 4.69) is 194 Å². The third kappa shape index (κ3) is 8.30. The molecule has 394 valence electrons. The zero-order valence-corrected chi connectivity index (χ0v) is 48.7. The lowest BCUT2D eigenvalue weighted by molar-refractivity contribution is 0.332. The van der Waals surface area contributed by atoms with Gasteiger partial charge in [0.25, 0.3) is 6.71 Å². The van der Waals surface area contributed by atoms with E-state index in [1.54, 1.807) is 0 Å². The number of fused-ring (bicyclic) bond motifs is 8. The fourth-order valence-corrected chi connectivity index (χ4v) is 13.1. The number of benzene rings is 7.